The SMILES string of the molecule is CC.CC.CC(C)(C)OC=O.CCC(C)NC(=O)OCc1ccccc1. The molecular weight excluding hydrogens is 330 g/mol. The number of ether oxygens (including phenoxy) is 2. The van der Waals surface area contributed by atoms with Gasteiger partial charge >= 0.3 is 6.09 Å². The fourth-order valence-corrected chi connectivity index (χ4v) is 1.21. The summed E-state index contributed by atoms with van der Waals surface area (Å²) in [5.74, 6) is 0. The Bertz CT molecular complexity index is 427. The van der Waals surface area contributed by atoms with Crippen LogP contribution in [0.25, 0.3) is 0 Å². The number of carbonyl (C=O) groups excluding carboxylic acids is 2. The second-order valence-electron chi connectivity index (χ2n) is 5.84. The van der Waals surface area contributed by atoms with E-state index in [0.29, 0.717) is 13.1 Å². The number of amides is 1. The Labute approximate surface area is 160 Å². The van der Waals surface area contributed by atoms with Crippen molar-refractivity contribution in [2.24, 2.45) is 0 Å². The lowest BCUT2D eigenvalue weighted by Crippen LogP contribution is -2.32. The molecular formula is C21H39NO4. The molecule has 0 saturated carbocycles. The Kier molecular flexibility index (Phi) is 21.3. The highest BCUT2D eigenvalue weighted by Crippen LogP contribution is 2.02. The topological polar surface area (TPSA) is 64.6 Å². The van der Waals surface area contributed by atoms with E-state index in [9.17, 15) is 9.59 Å². The van der Waals surface area contributed by atoms with E-state index in [1.54, 1.807) is 0 Å². The normalized spacial score (nSPS) is 10.2. The van der Waals surface area contributed by atoms with E-state index < -0.39 is 0 Å². The number of hydrogen-bond donors (Lipinski definition) is 1. The molecule has 1 unspecified atom stereocenters. The van der Waals surface area contributed by atoms with Crippen LogP contribution >= 0.6 is 0 Å². The number of benzene rings is 1. The van der Waals surface area contributed by atoms with Crippen LogP contribution in [0.1, 0.15) is 74.3 Å². The Morgan fingerprint density at radius 2 is 1.62 bits per heavy atom. The van der Waals surface area contributed by atoms with Crippen molar-refractivity contribution >= 4 is 12.6 Å². The molecule has 1 rings (SSSR count). The van der Waals surface area contributed by atoms with Crippen molar-refractivity contribution in [2.75, 3.05) is 0 Å². The summed E-state index contributed by atoms with van der Waals surface area (Å²) < 4.78 is 9.60. The molecule has 0 spiro atoms. The minimum Gasteiger partial charge on any atom is -0.462 e. The quantitative estimate of drug-likeness (QED) is 0.674. The van der Waals surface area contributed by atoms with Crippen LogP contribution in [0, 0.1) is 0 Å². The molecule has 1 aromatic rings. The lowest BCUT2D eigenvalue weighted by atomic mass is 10.2. The molecule has 0 fully saturated rings. The van der Waals surface area contributed by atoms with Gasteiger partial charge in [-0.2, -0.15) is 0 Å². The van der Waals surface area contributed by atoms with E-state index >= 15 is 0 Å². The van der Waals surface area contributed by atoms with Crippen LogP contribution in [0.4, 0.5) is 4.79 Å². The minimum atomic E-state index is -0.354. The second kappa shape index (κ2) is 19.3. The first kappa shape index (κ1) is 28.8. The van der Waals surface area contributed by atoms with Crippen molar-refractivity contribution in [3.05, 3.63) is 35.9 Å². The predicted molar refractivity (Wildman–Crippen MR) is 109 cm³/mol. The molecule has 1 amide bonds. The summed E-state index contributed by atoms with van der Waals surface area (Å²) in [5, 5.41) is 2.74. The average Bonchev–Trinajstić information content (AvgIpc) is 2.63. The fourth-order valence-electron chi connectivity index (χ4n) is 1.21. The summed E-state index contributed by atoms with van der Waals surface area (Å²) in [7, 11) is 0. The zero-order valence-corrected chi connectivity index (χ0v) is 18.1. The van der Waals surface area contributed by atoms with Gasteiger partial charge < -0.3 is 14.8 Å². The van der Waals surface area contributed by atoms with Crippen LogP contribution in [0.3, 0.4) is 0 Å². The first-order chi connectivity index (χ1) is 12.3. The maximum atomic E-state index is 11.3. The van der Waals surface area contributed by atoms with Gasteiger partial charge in [0.05, 0.1) is 0 Å². The predicted octanol–water partition coefficient (Wildman–Crippen LogP) is 5.72. The van der Waals surface area contributed by atoms with Crippen LogP contribution < -0.4 is 5.32 Å². The van der Waals surface area contributed by atoms with Crippen molar-refractivity contribution in [3.63, 3.8) is 0 Å². The third kappa shape index (κ3) is 22.0. The Morgan fingerprint density at radius 1 is 1.12 bits per heavy atom. The molecule has 1 N–H and O–H groups in total. The van der Waals surface area contributed by atoms with Gasteiger partial charge in [0, 0.05) is 6.04 Å². The summed E-state index contributed by atoms with van der Waals surface area (Å²) in [6.07, 6.45) is 0.550. The smallest absolute Gasteiger partial charge is 0.407 e. The second-order valence-corrected chi connectivity index (χ2v) is 5.84. The summed E-state index contributed by atoms with van der Waals surface area (Å²) in [6, 6.07) is 9.79. The Morgan fingerprint density at radius 3 is 1.96 bits per heavy atom. The van der Waals surface area contributed by atoms with Gasteiger partial charge in [0.15, 0.2) is 0 Å². The summed E-state index contributed by atoms with van der Waals surface area (Å²) in [6.45, 7) is 18.2. The van der Waals surface area contributed by atoms with E-state index in [-0.39, 0.29) is 17.7 Å². The lowest BCUT2D eigenvalue weighted by Gasteiger charge is -2.14. The van der Waals surface area contributed by atoms with Gasteiger partial charge in [-0.15, -0.1) is 0 Å². The van der Waals surface area contributed by atoms with Gasteiger partial charge in [-0.05, 0) is 39.7 Å². The van der Waals surface area contributed by atoms with E-state index in [1.165, 1.54) is 0 Å². The maximum absolute atomic E-state index is 11.3. The molecule has 5 nitrogen and oxygen atoms in total. The van der Waals surface area contributed by atoms with E-state index in [2.05, 4.69) is 10.1 Å². The summed E-state index contributed by atoms with van der Waals surface area (Å²) in [4.78, 5) is 20.9. The van der Waals surface area contributed by atoms with Gasteiger partial charge in [0.25, 0.3) is 6.47 Å². The standard InChI is InChI=1S/C12H17NO2.C5H10O2.2C2H6/c1-3-10(2)13-12(14)15-9-11-7-5-4-6-8-11;1-5(2,3)7-4-6;2*1-2/h4-8,10H,3,9H2,1-2H3,(H,13,14);4H,1-3H3;2*1-2H3. The molecule has 1 atom stereocenters. The zero-order chi connectivity index (χ0) is 21.0. The first-order valence-electron chi connectivity index (χ1n) is 9.37. The number of alkyl carbamates (subject to hydrolysis) is 1. The molecule has 5 heteroatoms. The number of hydrogen-bond acceptors (Lipinski definition) is 4. The van der Waals surface area contributed by atoms with Crippen molar-refractivity contribution in [1.82, 2.24) is 5.32 Å². The highest BCUT2D eigenvalue weighted by molar-refractivity contribution is 5.67. The molecule has 0 aliphatic carbocycles. The van der Waals surface area contributed by atoms with Crippen LogP contribution in [0.2, 0.25) is 0 Å². The van der Waals surface area contributed by atoms with Crippen LogP contribution in [-0.4, -0.2) is 24.2 Å². The van der Waals surface area contributed by atoms with E-state index in [1.807, 2.05) is 92.6 Å². The average molecular weight is 370 g/mol. The number of rotatable bonds is 5. The maximum Gasteiger partial charge on any atom is 0.407 e. The molecule has 0 radical (unpaired) electrons. The minimum absolute atomic E-state index is 0.160. The molecule has 0 aromatic heterocycles. The molecule has 1 aromatic carbocycles. The molecule has 0 aliphatic heterocycles. The van der Waals surface area contributed by atoms with E-state index in [4.69, 9.17) is 4.74 Å². The highest BCUT2D eigenvalue weighted by atomic mass is 16.5. The van der Waals surface area contributed by atoms with Crippen LogP contribution in [-0.2, 0) is 20.9 Å². The third-order valence-corrected chi connectivity index (χ3v) is 2.59. The zero-order valence-electron chi connectivity index (χ0n) is 18.1. The molecule has 26 heavy (non-hydrogen) atoms. The Balaban J connectivity index is -0.000000405. The largest absolute Gasteiger partial charge is 0.462 e. The van der Waals surface area contributed by atoms with Gasteiger partial charge in [0.1, 0.15) is 12.2 Å². The van der Waals surface area contributed by atoms with Crippen LogP contribution in [0.5, 0.6) is 0 Å². The van der Waals surface area contributed by atoms with Crippen molar-refractivity contribution < 1.29 is 19.1 Å². The van der Waals surface area contributed by atoms with Gasteiger partial charge in [-0.25, -0.2) is 4.79 Å². The van der Waals surface area contributed by atoms with Crippen LogP contribution in [0.15, 0.2) is 30.3 Å². The van der Waals surface area contributed by atoms with Crippen molar-refractivity contribution in [1.29, 1.82) is 0 Å². The molecule has 0 heterocycles. The summed E-state index contributed by atoms with van der Waals surface area (Å²) in [5.41, 5.74) is 0.679. The molecule has 152 valence electrons. The van der Waals surface area contributed by atoms with Crippen molar-refractivity contribution in [2.45, 2.75) is 87.0 Å². The first-order valence-corrected chi connectivity index (χ1v) is 9.37. The monoisotopic (exact) mass is 369 g/mol. The molecule has 0 saturated heterocycles. The third-order valence-electron chi connectivity index (χ3n) is 2.59. The van der Waals surface area contributed by atoms with Gasteiger partial charge in [-0.3, -0.25) is 4.79 Å². The number of carbonyl (C=O) groups is 2. The fraction of sp³-hybridized carbons (Fsp3) is 0.619. The van der Waals surface area contributed by atoms with Crippen molar-refractivity contribution in [3.8, 4) is 0 Å². The molecule has 0 bridgehead atoms. The Hall–Kier alpha value is -2.04. The summed E-state index contributed by atoms with van der Waals surface area (Å²) >= 11 is 0. The lowest BCUT2D eigenvalue weighted by molar-refractivity contribution is -0.138. The van der Waals surface area contributed by atoms with Gasteiger partial charge in [-0.1, -0.05) is 65.0 Å². The highest BCUT2D eigenvalue weighted by Gasteiger charge is 2.07. The molecule has 0 aliphatic rings. The van der Waals surface area contributed by atoms with Gasteiger partial charge in [0.2, 0.25) is 0 Å². The number of nitrogens with one attached hydrogen (secondary N) is 1. The van der Waals surface area contributed by atoms with E-state index in [0.717, 1.165) is 12.0 Å².